The maximum Gasteiger partial charge on any atom is 0.329 e. The molecule has 1 aromatic rings. The molecule has 1 aromatic carbocycles. The van der Waals surface area contributed by atoms with Crippen molar-refractivity contribution in [1.29, 1.82) is 0 Å². The molecule has 3 fully saturated rings. The SMILES string of the molecule is C#C[C@]1(O)CC[C@@H]2[C@@H]3CCC4=CC(=NOCC(=O)N[C@H](C(=O)O)[C@H](O)c5ccccc5)CC[C@]4(C)[C@H]3CC[C@@]21C. The standard InChI is InChI=1S/C32H40N2O6/c1-4-32(39)17-14-25-23-11-10-21-18-22(12-15-30(21,2)24(23)13-16-31(25,32)3)34-40-19-26(35)33-27(29(37)38)28(36)20-8-6-5-7-9-20/h1,5-9,18,23-25,27-28,36,39H,10-17,19H2,2-3H3,(H,33,35)(H,37,38)/t23-,24+,25-,27+,28-,30+,31+,32+/m1/s1. The van der Waals surface area contributed by atoms with Crippen LogP contribution in [-0.2, 0) is 14.4 Å². The first-order valence-electron chi connectivity index (χ1n) is 14.4. The van der Waals surface area contributed by atoms with Gasteiger partial charge in [0.1, 0.15) is 11.7 Å². The summed E-state index contributed by atoms with van der Waals surface area (Å²) in [7, 11) is 0. The fourth-order valence-electron chi connectivity index (χ4n) is 8.40. The number of amides is 1. The number of carbonyl (C=O) groups is 2. The number of hydrogen-bond acceptors (Lipinski definition) is 6. The Bertz CT molecular complexity index is 1250. The molecule has 8 nitrogen and oxygen atoms in total. The topological polar surface area (TPSA) is 128 Å². The summed E-state index contributed by atoms with van der Waals surface area (Å²) in [5.41, 5.74) is 1.40. The van der Waals surface area contributed by atoms with Crippen LogP contribution >= 0.6 is 0 Å². The zero-order chi connectivity index (χ0) is 28.7. The highest BCUT2D eigenvalue weighted by atomic mass is 16.6. The van der Waals surface area contributed by atoms with E-state index in [1.807, 2.05) is 0 Å². The summed E-state index contributed by atoms with van der Waals surface area (Å²) in [5, 5.41) is 37.7. The third-order valence-corrected chi connectivity index (χ3v) is 10.8. The molecule has 0 radical (unpaired) electrons. The highest BCUT2D eigenvalue weighted by Crippen LogP contribution is 2.67. The summed E-state index contributed by atoms with van der Waals surface area (Å²) in [5.74, 6) is 2.27. The van der Waals surface area contributed by atoms with Gasteiger partial charge in [0.2, 0.25) is 0 Å². The van der Waals surface area contributed by atoms with E-state index in [0.717, 1.165) is 50.7 Å². The zero-order valence-electron chi connectivity index (χ0n) is 23.3. The molecule has 8 heteroatoms. The maximum atomic E-state index is 12.4. The van der Waals surface area contributed by atoms with Gasteiger partial charge in [-0.2, -0.15) is 0 Å². The van der Waals surface area contributed by atoms with Gasteiger partial charge in [0.25, 0.3) is 5.91 Å². The summed E-state index contributed by atoms with van der Waals surface area (Å²) < 4.78 is 0. The van der Waals surface area contributed by atoms with Crippen molar-refractivity contribution in [3.8, 4) is 12.3 Å². The Morgan fingerprint density at radius 2 is 1.85 bits per heavy atom. The van der Waals surface area contributed by atoms with Crippen LogP contribution in [0.4, 0.5) is 0 Å². The molecule has 4 aliphatic rings. The predicted octanol–water partition coefficient (Wildman–Crippen LogP) is 3.99. The van der Waals surface area contributed by atoms with Crippen LogP contribution in [0.25, 0.3) is 0 Å². The van der Waals surface area contributed by atoms with Crippen molar-refractivity contribution < 1.29 is 29.7 Å². The summed E-state index contributed by atoms with van der Waals surface area (Å²) >= 11 is 0. The van der Waals surface area contributed by atoms with Crippen LogP contribution < -0.4 is 5.32 Å². The number of benzene rings is 1. The first-order chi connectivity index (χ1) is 19.0. The molecule has 4 N–H and O–H groups in total. The van der Waals surface area contributed by atoms with E-state index in [4.69, 9.17) is 11.3 Å². The molecule has 3 saturated carbocycles. The maximum absolute atomic E-state index is 12.4. The minimum Gasteiger partial charge on any atom is -0.480 e. The van der Waals surface area contributed by atoms with E-state index in [1.54, 1.807) is 30.3 Å². The fraction of sp³-hybridized carbons (Fsp3) is 0.594. The first kappa shape index (κ1) is 28.4. The van der Waals surface area contributed by atoms with E-state index in [2.05, 4.69) is 36.3 Å². The molecule has 214 valence electrons. The number of fused-ring (bicyclic) bond motifs is 5. The molecule has 0 heterocycles. The van der Waals surface area contributed by atoms with Crippen LogP contribution in [0, 0.1) is 40.9 Å². The van der Waals surface area contributed by atoms with E-state index in [1.165, 1.54) is 5.57 Å². The lowest BCUT2D eigenvalue weighted by atomic mass is 9.46. The van der Waals surface area contributed by atoms with Crippen molar-refractivity contribution in [2.24, 2.45) is 33.7 Å². The van der Waals surface area contributed by atoms with Crippen molar-refractivity contribution in [2.45, 2.75) is 83.0 Å². The number of aliphatic hydroxyl groups excluding tert-OH is 1. The smallest absolute Gasteiger partial charge is 0.329 e. The molecular weight excluding hydrogens is 508 g/mol. The third-order valence-electron chi connectivity index (χ3n) is 10.8. The number of carboxylic acids is 1. The molecule has 1 amide bonds. The van der Waals surface area contributed by atoms with Crippen molar-refractivity contribution in [2.75, 3.05) is 6.61 Å². The molecular formula is C32H40N2O6. The molecule has 0 aliphatic heterocycles. The summed E-state index contributed by atoms with van der Waals surface area (Å²) in [4.78, 5) is 29.5. The molecule has 4 aliphatic carbocycles. The Balaban J connectivity index is 1.21. The van der Waals surface area contributed by atoms with Crippen molar-refractivity contribution in [1.82, 2.24) is 5.32 Å². The summed E-state index contributed by atoms with van der Waals surface area (Å²) in [6.07, 6.45) is 13.9. The number of allylic oxidation sites excluding steroid dienone is 2. The molecule has 5 rings (SSSR count). The number of terminal acetylenes is 1. The zero-order valence-corrected chi connectivity index (χ0v) is 23.3. The number of hydrogen-bond donors (Lipinski definition) is 4. The number of rotatable bonds is 7. The van der Waals surface area contributed by atoms with E-state index < -0.39 is 36.2 Å². The Morgan fingerprint density at radius 3 is 2.55 bits per heavy atom. The normalized spacial score (nSPS) is 37.1. The minimum absolute atomic E-state index is 0.0692. The highest BCUT2D eigenvalue weighted by Gasteiger charge is 2.63. The van der Waals surface area contributed by atoms with Gasteiger partial charge < -0.3 is 25.5 Å². The minimum atomic E-state index is -1.51. The van der Waals surface area contributed by atoms with Gasteiger partial charge >= 0.3 is 5.97 Å². The van der Waals surface area contributed by atoms with Crippen molar-refractivity contribution >= 4 is 17.6 Å². The molecule has 0 spiro atoms. The largest absolute Gasteiger partial charge is 0.480 e. The predicted molar refractivity (Wildman–Crippen MR) is 150 cm³/mol. The van der Waals surface area contributed by atoms with Crippen LogP contribution in [0.15, 0.2) is 47.1 Å². The van der Waals surface area contributed by atoms with Crippen LogP contribution in [0.5, 0.6) is 0 Å². The summed E-state index contributed by atoms with van der Waals surface area (Å²) in [6, 6.07) is 6.83. The van der Waals surface area contributed by atoms with Crippen LogP contribution in [-0.4, -0.2) is 51.2 Å². The number of aliphatic carboxylic acids is 1. The number of aliphatic hydroxyl groups is 2. The Kier molecular flexibility index (Phi) is 7.58. The monoisotopic (exact) mass is 548 g/mol. The van der Waals surface area contributed by atoms with Crippen LogP contribution in [0.1, 0.15) is 76.9 Å². The number of carboxylic acid groups (broad SMARTS) is 1. The van der Waals surface area contributed by atoms with E-state index >= 15 is 0 Å². The molecule has 40 heavy (non-hydrogen) atoms. The van der Waals surface area contributed by atoms with Gasteiger partial charge in [0.15, 0.2) is 12.6 Å². The number of nitrogens with zero attached hydrogens (tertiary/aromatic N) is 1. The van der Waals surface area contributed by atoms with Gasteiger partial charge in [-0.3, -0.25) is 4.79 Å². The molecule has 8 atom stereocenters. The van der Waals surface area contributed by atoms with E-state index in [-0.39, 0.29) is 10.8 Å². The van der Waals surface area contributed by atoms with E-state index in [0.29, 0.717) is 29.7 Å². The summed E-state index contributed by atoms with van der Waals surface area (Å²) in [6.45, 7) is 4.13. The quantitative estimate of drug-likeness (QED) is 0.301. The highest BCUT2D eigenvalue weighted by molar-refractivity contribution is 5.96. The number of nitrogens with one attached hydrogen (secondary N) is 1. The lowest BCUT2D eigenvalue weighted by Gasteiger charge is -2.58. The fourth-order valence-corrected chi connectivity index (χ4v) is 8.40. The van der Waals surface area contributed by atoms with Gasteiger partial charge in [-0.1, -0.05) is 60.8 Å². The molecule has 0 saturated heterocycles. The van der Waals surface area contributed by atoms with E-state index in [9.17, 15) is 24.9 Å². The second-order valence-corrected chi connectivity index (χ2v) is 12.6. The number of oxime groups is 1. The lowest BCUT2D eigenvalue weighted by Crippen LogP contribution is -2.54. The first-order valence-corrected chi connectivity index (χ1v) is 14.4. The van der Waals surface area contributed by atoms with Gasteiger partial charge in [-0.15, -0.1) is 6.42 Å². The average Bonchev–Trinajstić information content (AvgIpc) is 3.22. The molecule has 0 bridgehead atoms. The van der Waals surface area contributed by atoms with Crippen LogP contribution in [0.2, 0.25) is 0 Å². The Hall–Kier alpha value is -3.15. The van der Waals surface area contributed by atoms with Gasteiger partial charge in [0, 0.05) is 5.41 Å². The van der Waals surface area contributed by atoms with Crippen molar-refractivity contribution in [3.05, 3.63) is 47.5 Å². The Morgan fingerprint density at radius 1 is 1.12 bits per heavy atom. The second kappa shape index (κ2) is 10.7. The average molecular weight is 549 g/mol. The van der Waals surface area contributed by atoms with Crippen molar-refractivity contribution in [3.63, 3.8) is 0 Å². The Labute approximate surface area is 235 Å². The van der Waals surface area contributed by atoms with Gasteiger partial charge in [-0.25, -0.2) is 4.79 Å². The molecule has 0 unspecified atom stereocenters. The second-order valence-electron chi connectivity index (χ2n) is 12.6. The number of carbonyl (C=O) groups excluding carboxylic acids is 1. The lowest BCUT2D eigenvalue weighted by molar-refractivity contribution is -0.146. The van der Waals surface area contributed by atoms with Gasteiger partial charge in [0.05, 0.1) is 5.71 Å². The molecule has 0 aromatic heterocycles. The third kappa shape index (κ3) is 4.73. The van der Waals surface area contributed by atoms with Gasteiger partial charge in [-0.05, 0) is 86.2 Å². The van der Waals surface area contributed by atoms with Crippen LogP contribution in [0.3, 0.4) is 0 Å².